The van der Waals surface area contributed by atoms with Crippen LogP contribution in [0, 0.1) is 0 Å². The second-order valence-electron chi connectivity index (χ2n) is 8.10. The van der Waals surface area contributed by atoms with Gasteiger partial charge in [-0.2, -0.15) is 0 Å². The van der Waals surface area contributed by atoms with E-state index in [2.05, 4.69) is 33.5 Å². The Morgan fingerprint density at radius 3 is 2.60 bits per heavy atom. The summed E-state index contributed by atoms with van der Waals surface area (Å²) in [5.41, 5.74) is 6.88. The molecular formula is C28H24N4O3. The number of nitrogens with one attached hydrogen (secondary N) is 3. The molecule has 2 aromatic heterocycles. The number of H-pyrrole nitrogens is 1. The van der Waals surface area contributed by atoms with Crippen LogP contribution in [0.1, 0.15) is 15.9 Å². The summed E-state index contributed by atoms with van der Waals surface area (Å²) in [7, 11) is 0. The van der Waals surface area contributed by atoms with Crippen molar-refractivity contribution in [3.63, 3.8) is 0 Å². The summed E-state index contributed by atoms with van der Waals surface area (Å²) in [5, 5.41) is 14.5. The first-order valence-electron chi connectivity index (χ1n) is 11.2. The number of hydrogen-bond donors (Lipinski definition) is 4. The third-order valence-corrected chi connectivity index (χ3v) is 5.74. The highest BCUT2D eigenvalue weighted by molar-refractivity contribution is 6.09. The Hall–Kier alpha value is -4.62. The number of para-hydroxylation sites is 2. The monoisotopic (exact) mass is 464 g/mol. The lowest BCUT2D eigenvalue weighted by Gasteiger charge is -2.13. The van der Waals surface area contributed by atoms with Gasteiger partial charge in [0.15, 0.2) is 0 Å². The smallest absolute Gasteiger partial charge is 0.274 e. The third-order valence-electron chi connectivity index (χ3n) is 5.74. The van der Waals surface area contributed by atoms with Crippen LogP contribution in [-0.4, -0.2) is 34.2 Å². The van der Waals surface area contributed by atoms with Gasteiger partial charge >= 0.3 is 0 Å². The normalized spacial score (nSPS) is 11.5. The van der Waals surface area contributed by atoms with E-state index in [1.54, 1.807) is 30.0 Å². The van der Waals surface area contributed by atoms with Gasteiger partial charge in [-0.05, 0) is 47.5 Å². The molecule has 35 heavy (non-hydrogen) atoms. The average Bonchev–Trinajstić information content (AvgIpc) is 3.30. The molecule has 0 unspecified atom stereocenters. The van der Waals surface area contributed by atoms with Crippen molar-refractivity contribution in [1.29, 1.82) is 0 Å². The van der Waals surface area contributed by atoms with E-state index in [4.69, 9.17) is 9.94 Å². The summed E-state index contributed by atoms with van der Waals surface area (Å²) in [6.07, 6.45) is 5.53. The predicted octanol–water partition coefficient (Wildman–Crippen LogP) is 5.41. The SMILES string of the molecule is O=C(NO)c1ccc(/C=C(\CNc2cccnc2)COc2cccc3c2[nH]c2ccccc23)cc1. The van der Waals surface area contributed by atoms with Crippen molar-refractivity contribution in [2.75, 3.05) is 18.5 Å². The van der Waals surface area contributed by atoms with Crippen LogP contribution >= 0.6 is 0 Å². The van der Waals surface area contributed by atoms with Gasteiger partial charge in [-0.25, -0.2) is 5.48 Å². The molecule has 2 heterocycles. The Morgan fingerprint density at radius 2 is 1.80 bits per heavy atom. The zero-order chi connectivity index (χ0) is 24.0. The second-order valence-corrected chi connectivity index (χ2v) is 8.10. The summed E-state index contributed by atoms with van der Waals surface area (Å²) in [6.45, 7) is 0.911. The molecule has 0 radical (unpaired) electrons. The van der Waals surface area contributed by atoms with Crippen LogP contribution in [0.3, 0.4) is 0 Å². The number of anilines is 1. The van der Waals surface area contributed by atoms with Gasteiger partial charge in [0, 0.05) is 40.8 Å². The Bertz CT molecular complexity index is 1490. The van der Waals surface area contributed by atoms with Crippen molar-refractivity contribution in [3.05, 3.63) is 108 Å². The van der Waals surface area contributed by atoms with Gasteiger partial charge in [0.1, 0.15) is 12.4 Å². The molecular weight excluding hydrogens is 440 g/mol. The Balaban J connectivity index is 1.40. The molecule has 0 spiro atoms. The molecule has 0 aliphatic heterocycles. The van der Waals surface area contributed by atoms with Crippen molar-refractivity contribution >= 4 is 39.5 Å². The van der Waals surface area contributed by atoms with Crippen LogP contribution in [0.2, 0.25) is 0 Å². The van der Waals surface area contributed by atoms with Gasteiger partial charge in [-0.15, -0.1) is 0 Å². The summed E-state index contributed by atoms with van der Waals surface area (Å²) >= 11 is 0. The third kappa shape index (κ3) is 5.00. The fourth-order valence-corrected chi connectivity index (χ4v) is 3.99. The number of carbonyl (C=O) groups is 1. The van der Waals surface area contributed by atoms with E-state index in [9.17, 15) is 4.79 Å². The summed E-state index contributed by atoms with van der Waals surface area (Å²) in [6, 6.07) is 25.1. The van der Waals surface area contributed by atoms with Crippen molar-refractivity contribution in [3.8, 4) is 5.75 Å². The summed E-state index contributed by atoms with van der Waals surface area (Å²) < 4.78 is 6.30. The quantitative estimate of drug-likeness (QED) is 0.182. The molecule has 5 aromatic rings. The predicted molar refractivity (Wildman–Crippen MR) is 138 cm³/mol. The van der Waals surface area contributed by atoms with E-state index in [0.29, 0.717) is 18.7 Å². The van der Waals surface area contributed by atoms with E-state index in [0.717, 1.165) is 44.4 Å². The van der Waals surface area contributed by atoms with Gasteiger partial charge in [-0.3, -0.25) is 15.0 Å². The number of fused-ring (bicyclic) bond motifs is 3. The Labute approximate surface area is 202 Å². The second kappa shape index (κ2) is 10.1. The molecule has 7 nitrogen and oxygen atoms in total. The number of aromatic nitrogens is 2. The van der Waals surface area contributed by atoms with E-state index < -0.39 is 5.91 Å². The molecule has 0 aliphatic carbocycles. The minimum Gasteiger partial charge on any atom is -0.487 e. The maximum atomic E-state index is 11.6. The molecule has 0 fully saturated rings. The number of rotatable bonds is 8. The van der Waals surface area contributed by atoms with Crippen LogP contribution in [0.15, 0.2) is 96.8 Å². The van der Waals surface area contributed by atoms with E-state index in [-0.39, 0.29) is 0 Å². The van der Waals surface area contributed by atoms with Crippen LogP contribution in [-0.2, 0) is 0 Å². The average molecular weight is 465 g/mol. The van der Waals surface area contributed by atoms with Crippen molar-refractivity contribution in [2.24, 2.45) is 0 Å². The molecule has 0 aliphatic rings. The summed E-state index contributed by atoms with van der Waals surface area (Å²) in [4.78, 5) is 19.2. The number of benzene rings is 3. The lowest BCUT2D eigenvalue weighted by Crippen LogP contribution is -2.18. The highest BCUT2D eigenvalue weighted by Crippen LogP contribution is 2.31. The first-order chi connectivity index (χ1) is 17.2. The van der Waals surface area contributed by atoms with Crippen molar-refractivity contribution in [1.82, 2.24) is 15.4 Å². The van der Waals surface area contributed by atoms with E-state index in [1.165, 1.54) is 0 Å². The number of hydrogen-bond acceptors (Lipinski definition) is 5. The minimum atomic E-state index is -0.547. The van der Waals surface area contributed by atoms with Crippen LogP contribution < -0.4 is 15.5 Å². The van der Waals surface area contributed by atoms with Crippen molar-refractivity contribution in [2.45, 2.75) is 0 Å². The van der Waals surface area contributed by atoms with Gasteiger partial charge in [0.2, 0.25) is 0 Å². The van der Waals surface area contributed by atoms with Gasteiger partial charge in [0.25, 0.3) is 5.91 Å². The minimum absolute atomic E-state index is 0.362. The van der Waals surface area contributed by atoms with E-state index >= 15 is 0 Å². The Kier molecular flexibility index (Phi) is 6.41. The standard InChI is InChI=1S/C28H24N4O3/c33-28(32-34)21-12-10-19(11-13-21)15-20(16-30-22-5-4-14-29-17-22)18-35-26-9-3-7-24-23-6-1-2-8-25(23)31-27(24)26/h1-15,17,30-31,34H,16,18H2,(H,32,33)/b20-15+. The molecule has 0 saturated carbocycles. The topological polar surface area (TPSA) is 99.3 Å². The zero-order valence-corrected chi connectivity index (χ0v) is 18.9. The largest absolute Gasteiger partial charge is 0.487 e. The highest BCUT2D eigenvalue weighted by Gasteiger charge is 2.10. The number of nitrogens with zero attached hydrogens (tertiary/aromatic N) is 1. The number of pyridine rings is 1. The lowest BCUT2D eigenvalue weighted by atomic mass is 10.1. The number of ether oxygens (including phenoxy) is 1. The Morgan fingerprint density at radius 1 is 0.971 bits per heavy atom. The maximum absolute atomic E-state index is 11.6. The first kappa shape index (κ1) is 22.2. The summed E-state index contributed by atoms with van der Waals surface area (Å²) in [5.74, 6) is 0.231. The first-order valence-corrected chi connectivity index (χ1v) is 11.2. The molecule has 174 valence electrons. The van der Waals surface area contributed by atoms with Crippen LogP contribution in [0.25, 0.3) is 27.9 Å². The molecule has 4 N–H and O–H groups in total. The van der Waals surface area contributed by atoms with Gasteiger partial charge < -0.3 is 15.0 Å². The molecule has 0 saturated heterocycles. The molecule has 3 aromatic carbocycles. The molecule has 0 atom stereocenters. The lowest BCUT2D eigenvalue weighted by molar-refractivity contribution is 0.0706. The molecule has 5 rings (SSSR count). The van der Waals surface area contributed by atoms with Crippen LogP contribution in [0.5, 0.6) is 5.75 Å². The van der Waals surface area contributed by atoms with Crippen molar-refractivity contribution < 1.29 is 14.7 Å². The highest BCUT2D eigenvalue weighted by atomic mass is 16.5. The molecule has 1 amide bonds. The molecule has 0 bridgehead atoms. The van der Waals surface area contributed by atoms with Gasteiger partial charge in [-0.1, -0.05) is 48.5 Å². The maximum Gasteiger partial charge on any atom is 0.274 e. The fourth-order valence-electron chi connectivity index (χ4n) is 3.99. The number of hydroxylamine groups is 1. The number of carbonyl (C=O) groups excluding carboxylic acids is 1. The number of aromatic amines is 1. The zero-order valence-electron chi connectivity index (χ0n) is 18.9. The molecule has 7 heteroatoms. The van der Waals surface area contributed by atoms with Gasteiger partial charge in [0.05, 0.1) is 11.2 Å². The number of amides is 1. The fraction of sp³-hybridized carbons (Fsp3) is 0.0714. The van der Waals surface area contributed by atoms with Crippen LogP contribution in [0.4, 0.5) is 5.69 Å². The van der Waals surface area contributed by atoms with E-state index in [1.807, 2.05) is 54.6 Å².